The predicted octanol–water partition coefficient (Wildman–Crippen LogP) is 2.00. The molecule has 0 saturated carbocycles. The van der Waals surface area contributed by atoms with Crippen molar-refractivity contribution >= 4 is 11.8 Å². The lowest BCUT2D eigenvalue weighted by Gasteiger charge is -2.38. The Labute approximate surface area is 147 Å². The summed E-state index contributed by atoms with van der Waals surface area (Å²) in [5.74, 6) is -0.302. The molecule has 2 aromatic rings. The minimum absolute atomic E-state index is 0.147. The summed E-state index contributed by atoms with van der Waals surface area (Å²) in [7, 11) is 3.40. The molecule has 0 aliphatic carbocycles. The zero-order chi connectivity index (χ0) is 18.0. The van der Waals surface area contributed by atoms with E-state index in [1.807, 2.05) is 19.1 Å². The molecule has 1 aromatic heterocycles. The number of likely N-dealkylation sites (N-methyl/N-ethyl adjacent to an activating group) is 1. The Kier molecular flexibility index (Phi) is 4.53. The van der Waals surface area contributed by atoms with Gasteiger partial charge >= 0.3 is 0 Å². The number of likely N-dealkylation sites (tertiary alicyclic amines) is 1. The van der Waals surface area contributed by atoms with Crippen molar-refractivity contribution in [2.75, 3.05) is 20.6 Å². The van der Waals surface area contributed by atoms with E-state index in [0.29, 0.717) is 24.2 Å². The van der Waals surface area contributed by atoms with Crippen molar-refractivity contribution in [2.24, 2.45) is 0 Å². The molecule has 1 aliphatic rings. The first-order chi connectivity index (χ1) is 12.0. The average Bonchev–Trinajstić information content (AvgIpc) is 3.07. The topological polar surface area (TPSA) is 66.4 Å². The van der Waals surface area contributed by atoms with E-state index >= 15 is 0 Å². The van der Waals surface area contributed by atoms with Crippen LogP contribution in [0.1, 0.15) is 34.5 Å². The Morgan fingerprint density at radius 2 is 1.88 bits per heavy atom. The highest BCUT2D eigenvalue weighted by molar-refractivity contribution is 6.00. The van der Waals surface area contributed by atoms with Gasteiger partial charge in [0.15, 0.2) is 5.54 Å². The molecule has 1 fully saturated rings. The summed E-state index contributed by atoms with van der Waals surface area (Å²) in [6.45, 7) is 2.49. The Bertz CT molecular complexity index is 774. The fourth-order valence-corrected chi connectivity index (χ4v) is 3.43. The van der Waals surface area contributed by atoms with E-state index in [0.717, 1.165) is 12.0 Å². The van der Waals surface area contributed by atoms with Crippen LogP contribution in [0.4, 0.5) is 0 Å². The molecule has 2 amide bonds. The second kappa shape index (κ2) is 6.63. The predicted molar refractivity (Wildman–Crippen MR) is 93.9 cm³/mol. The van der Waals surface area contributed by atoms with Crippen LogP contribution in [-0.2, 0) is 10.3 Å². The molecule has 25 heavy (non-hydrogen) atoms. The number of carbonyl (C=O) groups excluding carboxylic acids is 2. The molecule has 1 aromatic carbocycles. The quantitative estimate of drug-likeness (QED) is 0.858. The molecular formula is C19H22N4O2. The van der Waals surface area contributed by atoms with Crippen molar-refractivity contribution in [1.29, 1.82) is 0 Å². The number of hydrogen-bond donors (Lipinski definition) is 0. The van der Waals surface area contributed by atoms with Crippen molar-refractivity contribution in [3.63, 3.8) is 0 Å². The lowest BCUT2D eigenvalue weighted by atomic mass is 9.89. The summed E-state index contributed by atoms with van der Waals surface area (Å²) < 4.78 is 0. The number of rotatable bonds is 3. The van der Waals surface area contributed by atoms with Crippen molar-refractivity contribution in [2.45, 2.75) is 25.3 Å². The normalized spacial score (nSPS) is 19.7. The van der Waals surface area contributed by atoms with Crippen molar-refractivity contribution in [3.05, 3.63) is 59.7 Å². The van der Waals surface area contributed by atoms with Gasteiger partial charge in [0.1, 0.15) is 0 Å². The molecular weight excluding hydrogens is 316 g/mol. The number of hydrogen-bond acceptors (Lipinski definition) is 4. The van der Waals surface area contributed by atoms with Crippen molar-refractivity contribution in [3.8, 4) is 0 Å². The van der Waals surface area contributed by atoms with Crippen LogP contribution < -0.4 is 0 Å². The van der Waals surface area contributed by atoms with E-state index in [9.17, 15) is 9.59 Å². The average molecular weight is 338 g/mol. The van der Waals surface area contributed by atoms with Crippen LogP contribution in [0.25, 0.3) is 0 Å². The highest BCUT2D eigenvalue weighted by Gasteiger charge is 2.53. The number of aromatic nitrogens is 2. The number of amides is 2. The smallest absolute Gasteiger partial charge is 0.255 e. The lowest BCUT2D eigenvalue weighted by molar-refractivity contribution is -0.140. The SMILES string of the molecule is Cc1ccc(C(=O)N2CCCC2(C(=O)N(C)C)c2cnccn2)cc1. The van der Waals surface area contributed by atoms with Crippen LogP contribution in [0.5, 0.6) is 0 Å². The van der Waals surface area contributed by atoms with Crippen molar-refractivity contribution in [1.82, 2.24) is 19.8 Å². The molecule has 0 spiro atoms. The van der Waals surface area contributed by atoms with Gasteiger partial charge in [-0.3, -0.25) is 19.6 Å². The van der Waals surface area contributed by atoms with Gasteiger partial charge in [-0.15, -0.1) is 0 Å². The second-order valence-electron chi connectivity index (χ2n) is 6.58. The Morgan fingerprint density at radius 3 is 2.48 bits per heavy atom. The van der Waals surface area contributed by atoms with Crippen LogP contribution in [0.2, 0.25) is 0 Å². The zero-order valence-corrected chi connectivity index (χ0v) is 14.8. The van der Waals surface area contributed by atoms with Gasteiger partial charge in [-0.1, -0.05) is 17.7 Å². The van der Waals surface area contributed by atoms with Gasteiger partial charge in [0.2, 0.25) is 0 Å². The van der Waals surface area contributed by atoms with Crippen LogP contribution in [0.3, 0.4) is 0 Å². The van der Waals surface area contributed by atoms with E-state index in [1.54, 1.807) is 49.7 Å². The summed E-state index contributed by atoms with van der Waals surface area (Å²) in [4.78, 5) is 38.0. The number of carbonyl (C=O) groups is 2. The first-order valence-corrected chi connectivity index (χ1v) is 8.33. The minimum Gasteiger partial charge on any atom is -0.346 e. The van der Waals surface area contributed by atoms with Crippen molar-refractivity contribution < 1.29 is 9.59 Å². The molecule has 0 N–H and O–H groups in total. The fourth-order valence-electron chi connectivity index (χ4n) is 3.43. The summed E-state index contributed by atoms with van der Waals surface area (Å²) in [6.07, 6.45) is 6.00. The summed E-state index contributed by atoms with van der Waals surface area (Å²) in [6, 6.07) is 7.41. The van der Waals surface area contributed by atoms with Crippen LogP contribution >= 0.6 is 0 Å². The Morgan fingerprint density at radius 1 is 1.16 bits per heavy atom. The molecule has 0 radical (unpaired) electrons. The number of nitrogens with zero attached hydrogens (tertiary/aromatic N) is 4. The zero-order valence-electron chi connectivity index (χ0n) is 14.8. The first-order valence-electron chi connectivity index (χ1n) is 8.33. The summed E-state index contributed by atoms with van der Waals surface area (Å²) in [5.41, 5.74) is 1.08. The van der Waals surface area contributed by atoms with E-state index < -0.39 is 5.54 Å². The van der Waals surface area contributed by atoms with Crippen LogP contribution in [0, 0.1) is 6.92 Å². The maximum absolute atomic E-state index is 13.2. The molecule has 6 heteroatoms. The second-order valence-corrected chi connectivity index (χ2v) is 6.58. The number of benzene rings is 1. The molecule has 3 rings (SSSR count). The summed E-state index contributed by atoms with van der Waals surface area (Å²) in [5, 5.41) is 0. The fraction of sp³-hybridized carbons (Fsp3) is 0.368. The molecule has 1 saturated heterocycles. The molecule has 130 valence electrons. The third-order valence-electron chi connectivity index (χ3n) is 4.67. The molecule has 1 unspecified atom stereocenters. The van der Waals surface area contributed by atoms with Crippen LogP contribution in [-0.4, -0.2) is 52.2 Å². The standard InChI is InChI=1S/C19H22N4O2/c1-14-5-7-15(8-6-14)17(24)23-12-4-9-19(23,18(25)22(2)3)16-13-20-10-11-21-16/h5-8,10-11,13H,4,9,12H2,1-3H3. The molecule has 2 heterocycles. The van der Waals surface area contributed by atoms with Gasteiger partial charge in [-0.2, -0.15) is 0 Å². The minimum atomic E-state index is -1.10. The maximum atomic E-state index is 13.2. The third-order valence-corrected chi connectivity index (χ3v) is 4.67. The summed E-state index contributed by atoms with van der Waals surface area (Å²) >= 11 is 0. The van der Waals surface area contributed by atoms with Gasteiger partial charge in [-0.25, -0.2) is 0 Å². The monoisotopic (exact) mass is 338 g/mol. The van der Waals surface area contributed by atoms with Crippen LogP contribution in [0.15, 0.2) is 42.9 Å². The Hall–Kier alpha value is -2.76. The highest BCUT2D eigenvalue weighted by Crippen LogP contribution is 2.40. The van der Waals surface area contributed by atoms with Gasteiger partial charge in [-0.05, 0) is 31.9 Å². The van der Waals surface area contributed by atoms with E-state index in [1.165, 1.54) is 4.90 Å². The van der Waals surface area contributed by atoms with E-state index in [4.69, 9.17) is 0 Å². The van der Waals surface area contributed by atoms with Gasteiger partial charge in [0.25, 0.3) is 11.8 Å². The van der Waals surface area contributed by atoms with E-state index in [-0.39, 0.29) is 11.8 Å². The third kappa shape index (κ3) is 2.88. The highest BCUT2D eigenvalue weighted by atomic mass is 16.2. The number of aryl methyl sites for hydroxylation is 1. The Balaban J connectivity index is 2.09. The lowest BCUT2D eigenvalue weighted by Crippen LogP contribution is -2.55. The largest absolute Gasteiger partial charge is 0.346 e. The molecule has 6 nitrogen and oxygen atoms in total. The van der Waals surface area contributed by atoms with Gasteiger partial charge in [0.05, 0.1) is 11.9 Å². The van der Waals surface area contributed by atoms with E-state index in [2.05, 4.69) is 9.97 Å². The first kappa shape index (κ1) is 17.1. The maximum Gasteiger partial charge on any atom is 0.255 e. The molecule has 1 atom stereocenters. The molecule has 1 aliphatic heterocycles. The molecule has 0 bridgehead atoms. The van der Waals surface area contributed by atoms with Gasteiger partial charge in [0, 0.05) is 38.6 Å². The van der Waals surface area contributed by atoms with Gasteiger partial charge < -0.3 is 9.80 Å².